The van der Waals surface area contributed by atoms with Crippen molar-refractivity contribution in [3.63, 3.8) is 0 Å². The molecule has 1 N–H and O–H groups in total. The van der Waals surface area contributed by atoms with Gasteiger partial charge < -0.3 is 9.67 Å². The van der Waals surface area contributed by atoms with Crippen molar-refractivity contribution in [2.45, 2.75) is 31.2 Å². The summed E-state index contributed by atoms with van der Waals surface area (Å²) < 4.78 is 1.86. The van der Waals surface area contributed by atoms with Gasteiger partial charge in [0.2, 0.25) is 0 Å². The summed E-state index contributed by atoms with van der Waals surface area (Å²) in [7, 11) is 1.86. The maximum Gasteiger partial charge on any atom is 0.408 e. The molecule has 0 bridgehead atoms. The van der Waals surface area contributed by atoms with Gasteiger partial charge in [0.1, 0.15) is 11.8 Å². The molecule has 8 heteroatoms. The molecule has 4 rings (SSSR count). The minimum atomic E-state index is -0.923. The predicted molar refractivity (Wildman–Crippen MR) is 90.7 cm³/mol. The molecule has 8 nitrogen and oxygen atoms in total. The molecular weight excluding hydrogens is 324 g/mol. The Labute approximate surface area is 143 Å². The fourth-order valence-corrected chi connectivity index (χ4v) is 4.22. The standard InChI is InChI=1S/C17H18N4O4/c1-10-13(21(24)25)8-18-15-14(10)11(9-19(15)2)12-7-17(12)5-3-4-6-20(17)16(22)23/h3-4,8-9,12H,5-7H2,1-2H3,(H,22,23). The third-order valence-electron chi connectivity index (χ3n) is 5.56. The zero-order chi connectivity index (χ0) is 17.9. The van der Waals surface area contributed by atoms with E-state index in [0.29, 0.717) is 24.2 Å². The van der Waals surface area contributed by atoms with Crippen LogP contribution in [0.1, 0.15) is 29.9 Å². The van der Waals surface area contributed by atoms with E-state index in [2.05, 4.69) is 4.98 Å². The second-order valence-corrected chi connectivity index (χ2v) is 6.85. The molecule has 130 valence electrons. The van der Waals surface area contributed by atoms with E-state index in [1.807, 2.05) is 30.0 Å². The number of carbonyl (C=O) groups is 1. The van der Waals surface area contributed by atoms with Gasteiger partial charge in [-0.2, -0.15) is 0 Å². The molecule has 2 unspecified atom stereocenters. The van der Waals surface area contributed by atoms with Crippen LogP contribution >= 0.6 is 0 Å². The van der Waals surface area contributed by atoms with Crippen LogP contribution in [0, 0.1) is 17.0 Å². The zero-order valence-electron chi connectivity index (χ0n) is 14.0. The van der Waals surface area contributed by atoms with Gasteiger partial charge >= 0.3 is 6.09 Å². The Morgan fingerprint density at radius 1 is 1.48 bits per heavy atom. The van der Waals surface area contributed by atoms with Gasteiger partial charge in [0.05, 0.1) is 10.5 Å². The van der Waals surface area contributed by atoms with Crippen LogP contribution in [-0.4, -0.2) is 42.7 Å². The van der Waals surface area contributed by atoms with Gasteiger partial charge in [0, 0.05) is 36.7 Å². The number of nitro groups is 1. The highest BCUT2D eigenvalue weighted by Crippen LogP contribution is 2.60. The summed E-state index contributed by atoms with van der Waals surface area (Å²) in [4.78, 5) is 28.3. The largest absolute Gasteiger partial charge is 0.465 e. The van der Waals surface area contributed by atoms with Crippen LogP contribution in [-0.2, 0) is 7.05 Å². The number of pyridine rings is 1. The van der Waals surface area contributed by atoms with Crippen LogP contribution in [0.3, 0.4) is 0 Å². The minimum Gasteiger partial charge on any atom is -0.465 e. The first-order chi connectivity index (χ1) is 11.9. The van der Waals surface area contributed by atoms with E-state index in [0.717, 1.165) is 17.4 Å². The smallest absolute Gasteiger partial charge is 0.408 e. The summed E-state index contributed by atoms with van der Waals surface area (Å²) in [6.45, 7) is 2.12. The number of aryl methyl sites for hydroxylation is 2. The molecule has 1 fully saturated rings. The lowest BCUT2D eigenvalue weighted by atomic mass is 9.98. The number of hydrogen-bond acceptors (Lipinski definition) is 4. The molecule has 2 aromatic heterocycles. The topological polar surface area (TPSA) is 102 Å². The summed E-state index contributed by atoms with van der Waals surface area (Å²) in [5, 5.41) is 21.6. The number of aromatic nitrogens is 2. The Hall–Kier alpha value is -2.90. The highest BCUT2D eigenvalue weighted by atomic mass is 16.6. The third kappa shape index (κ3) is 2.06. The Kier molecular flexibility index (Phi) is 3.15. The van der Waals surface area contributed by atoms with Gasteiger partial charge in [-0.05, 0) is 25.3 Å². The zero-order valence-corrected chi connectivity index (χ0v) is 14.0. The number of carboxylic acid groups (broad SMARTS) is 1. The van der Waals surface area contributed by atoms with E-state index in [1.54, 1.807) is 6.92 Å². The number of fused-ring (bicyclic) bond motifs is 1. The Bertz CT molecular complexity index is 948. The summed E-state index contributed by atoms with van der Waals surface area (Å²) in [6.07, 6.45) is 7.59. The lowest BCUT2D eigenvalue weighted by Crippen LogP contribution is -2.44. The van der Waals surface area contributed by atoms with Gasteiger partial charge in [-0.25, -0.2) is 9.78 Å². The fourth-order valence-electron chi connectivity index (χ4n) is 4.22. The van der Waals surface area contributed by atoms with Crippen molar-refractivity contribution in [2.75, 3.05) is 6.54 Å². The number of nitrogens with zero attached hydrogens (tertiary/aromatic N) is 4. The highest BCUT2D eigenvalue weighted by molar-refractivity contribution is 5.88. The molecule has 2 atom stereocenters. The first-order valence-electron chi connectivity index (χ1n) is 8.11. The van der Waals surface area contributed by atoms with Crippen molar-refractivity contribution in [1.29, 1.82) is 0 Å². The first-order valence-corrected chi connectivity index (χ1v) is 8.11. The maximum atomic E-state index is 11.7. The molecule has 0 aromatic carbocycles. The van der Waals surface area contributed by atoms with Crippen molar-refractivity contribution in [3.8, 4) is 0 Å². The normalized spacial score (nSPS) is 24.9. The van der Waals surface area contributed by atoms with E-state index in [-0.39, 0.29) is 11.6 Å². The molecule has 3 heterocycles. The van der Waals surface area contributed by atoms with Crippen molar-refractivity contribution in [3.05, 3.63) is 45.8 Å². The molecular formula is C17H18N4O4. The number of rotatable bonds is 2. The summed E-state index contributed by atoms with van der Waals surface area (Å²) in [6, 6.07) is 0. The van der Waals surface area contributed by atoms with E-state index < -0.39 is 16.6 Å². The summed E-state index contributed by atoms with van der Waals surface area (Å²) in [5.74, 6) is 0.0276. The van der Waals surface area contributed by atoms with Gasteiger partial charge in [-0.1, -0.05) is 12.2 Å². The summed E-state index contributed by atoms with van der Waals surface area (Å²) >= 11 is 0. The van der Waals surface area contributed by atoms with E-state index in [9.17, 15) is 20.0 Å². The second kappa shape index (κ2) is 5.05. The average molecular weight is 342 g/mol. The maximum absolute atomic E-state index is 11.7. The van der Waals surface area contributed by atoms with Crippen LogP contribution in [0.2, 0.25) is 0 Å². The molecule has 1 spiro atoms. The SMILES string of the molecule is Cc1c([N+](=O)[O-])cnc2c1c(C1CC13CC=CCN3C(=O)O)cn2C. The molecule has 1 saturated carbocycles. The molecule has 1 aliphatic heterocycles. The van der Waals surface area contributed by atoms with Crippen LogP contribution in [0.15, 0.2) is 24.5 Å². The molecule has 1 amide bonds. The first kappa shape index (κ1) is 15.6. The molecule has 2 aromatic rings. The highest BCUT2D eigenvalue weighted by Gasteiger charge is 2.61. The second-order valence-electron chi connectivity index (χ2n) is 6.85. The Morgan fingerprint density at radius 3 is 2.92 bits per heavy atom. The van der Waals surface area contributed by atoms with Crippen LogP contribution in [0.4, 0.5) is 10.5 Å². The Balaban J connectivity index is 1.86. The van der Waals surface area contributed by atoms with Crippen LogP contribution in [0.5, 0.6) is 0 Å². The lowest BCUT2D eigenvalue weighted by Gasteiger charge is -2.32. The van der Waals surface area contributed by atoms with Crippen LogP contribution in [0.25, 0.3) is 11.0 Å². The lowest BCUT2D eigenvalue weighted by molar-refractivity contribution is -0.385. The number of hydrogen-bond donors (Lipinski definition) is 1. The van der Waals surface area contributed by atoms with Crippen LogP contribution < -0.4 is 0 Å². The molecule has 0 saturated heterocycles. The molecule has 0 radical (unpaired) electrons. The van der Waals surface area contributed by atoms with Gasteiger partial charge in [-0.15, -0.1) is 0 Å². The monoisotopic (exact) mass is 342 g/mol. The molecule has 1 aliphatic carbocycles. The third-order valence-corrected chi connectivity index (χ3v) is 5.56. The predicted octanol–water partition coefficient (Wildman–Crippen LogP) is 2.96. The van der Waals surface area contributed by atoms with Gasteiger partial charge in [-0.3, -0.25) is 15.0 Å². The van der Waals surface area contributed by atoms with Gasteiger partial charge in [0.15, 0.2) is 0 Å². The van der Waals surface area contributed by atoms with Crippen molar-refractivity contribution < 1.29 is 14.8 Å². The van der Waals surface area contributed by atoms with E-state index in [1.165, 1.54) is 11.1 Å². The van der Waals surface area contributed by atoms with E-state index in [4.69, 9.17) is 0 Å². The van der Waals surface area contributed by atoms with Crippen molar-refractivity contribution in [1.82, 2.24) is 14.5 Å². The molecule has 25 heavy (non-hydrogen) atoms. The fraction of sp³-hybridized carbons (Fsp3) is 0.412. The number of amides is 1. The Morgan fingerprint density at radius 2 is 2.24 bits per heavy atom. The van der Waals surface area contributed by atoms with E-state index >= 15 is 0 Å². The van der Waals surface area contributed by atoms with Crippen molar-refractivity contribution >= 4 is 22.8 Å². The average Bonchev–Trinajstić information content (AvgIpc) is 3.14. The minimum absolute atomic E-state index is 0.00622. The quantitative estimate of drug-likeness (QED) is 0.513. The van der Waals surface area contributed by atoms with Gasteiger partial charge in [0.25, 0.3) is 5.69 Å². The van der Waals surface area contributed by atoms with Crippen molar-refractivity contribution in [2.24, 2.45) is 7.05 Å². The summed E-state index contributed by atoms with van der Waals surface area (Å²) in [5.41, 5.74) is 1.78. The molecule has 2 aliphatic rings.